The number of aliphatic imine (C=N–C) groups is 1. The van der Waals surface area contributed by atoms with Gasteiger partial charge in [0.25, 0.3) is 0 Å². The monoisotopic (exact) mass is 409 g/mol. The minimum Gasteiger partial charge on any atom is -0.507 e. The van der Waals surface area contributed by atoms with Crippen molar-refractivity contribution in [2.45, 2.75) is 19.8 Å². The van der Waals surface area contributed by atoms with E-state index in [1.165, 1.54) is 12.1 Å². The van der Waals surface area contributed by atoms with Gasteiger partial charge in [-0.05, 0) is 34.7 Å². The van der Waals surface area contributed by atoms with Crippen molar-refractivity contribution < 1.29 is 9.50 Å². The normalized spacial score (nSPS) is 11.4. The number of phenolic OH excluding ortho intramolecular Hbond substituents is 1. The molecular weight excluding hydrogens is 385 g/mol. The van der Waals surface area contributed by atoms with Crippen LogP contribution in [0.2, 0.25) is 0 Å². The van der Waals surface area contributed by atoms with Crippen molar-refractivity contribution in [1.82, 2.24) is 0 Å². The summed E-state index contributed by atoms with van der Waals surface area (Å²) in [5.74, 6) is -0.319. The fourth-order valence-corrected chi connectivity index (χ4v) is 3.70. The number of rotatable bonds is 5. The van der Waals surface area contributed by atoms with Crippen molar-refractivity contribution in [2.24, 2.45) is 4.99 Å². The zero-order valence-electron chi connectivity index (χ0n) is 17.6. The summed E-state index contributed by atoms with van der Waals surface area (Å²) in [4.78, 5) is 4.78. The number of hydrogen-bond donors (Lipinski definition) is 1. The van der Waals surface area contributed by atoms with E-state index in [0.29, 0.717) is 11.1 Å². The van der Waals surface area contributed by atoms with Gasteiger partial charge in [0.1, 0.15) is 11.6 Å². The minimum absolute atomic E-state index is 0.000616. The number of halogens is 1. The Morgan fingerprint density at radius 2 is 1.32 bits per heavy atom. The van der Waals surface area contributed by atoms with Gasteiger partial charge in [0, 0.05) is 22.9 Å². The molecule has 31 heavy (non-hydrogen) atoms. The second-order valence-corrected chi connectivity index (χ2v) is 7.78. The van der Waals surface area contributed by atoms with Gasteiger partial charge in [-0.25, -0.2) is 4.39 Å². The second kappa shape index (κ2) is 8.97. The maximum atomic E-state index is 14.2. The summed E-state index contributed by atoms with van der Waals surface area (Å²) in [6.45, 7) is 3.85. The van der Waals surface area contributed by atoms with Gasteiger partial charge < -0.3 is 5.11 Å². The summed E-state index contributed by atoms with van der Waals surface area (Å²) in [7, 11) is 0. The second-order valence-electron chi connectivity index (χ2n) is 7.78. The maximum absolute atomic E-state index is 14.2. The highest BCUT2D eigenvalue weighted by Gasteiger charge is 2.14. The van der Waals surface area contributed by atoms with Crippen LogP contribution in [0.4, 0.5) is 10.1 Å². The molecule has 0 aliphatic heterocycles. The lowest BCUT2D eigenvalue weighted by molar-refractivity contribution is 0.461. The highest BCUT2D eigenvalue weighted by Crippen LogP contribution is 2.39. The van der Waals surface area contributed by atoms with Crippen molar-refractivity contribution in [3.8, 4) is 28.0 Å². The first kappa shape index (κ1) is 20.5. The zero-order chi connectivity index (χ0) is 21.8. The fraction of sp³-hybridized carbons (Fsp3) is 0.107. The maximum Gasteiger partial charge on any atom is 0.128 e. The van der Waals surface area contributed by atoms with Gasteiger partial charge in [0.15, 0.2) is 0 Å². The van der Waals surface area contributed by atoms with Crippen molar-refractivity contribution in [3.05, 3.63) is 108 Å². The van der Waals surface area contributed by atoms with E-state index in [1.54, 1.807) is 6.21 Å². The van der Waals surface area contributed by atoms with Crippen LogP contribution in [0.15, 0.2) is 96.0 Å². The Morgan fingerprint density at radius 1 is 0.774 bits per heavy atom. The van der Waals surface area contributed by atoms with Crippen LogP contribution in [0, 0.1) is 5.82 Å². The molecule has 0 atom stereocenters. The predicted octanol–water partition coefficient (Wildman–Crippen LogP) is 7.74. The molecule has 4 aromatic carbocycles. The van der Waals surface area contributed by atoms with E-state index >= 15 is 0 Å². The molecule has 0 spiro atoms. The summed E-state index contributed by atoms with van der Waals surface area (Å²) in [5.41, 5.74) is 5.73. The number of phenols is 1. The van der Waals surface area contributed by atoms with Crippen molar-refractivity contribution in [2.75, 3.05) is 0 Å². The average Bonchev–Trinajstić information content (AvgIpc) is 2.80. The minimum atomic E-state index is -0.387. The Kier molecular flexibility index (Phi) is 5.94. The van der Waals surface area contributed by atoms with E-state index in [0.717, 1.165) is 27.9 Å². The standard InChI is InChI=1S/C28H24FNO/c1-19(2)26-17-23(29)16-22(28(26)31)18-30-27-24(20-10-5-3-6-11-20)14-9-15-25(27)21-12-7-4-8-13-21/h3-19,31H,1-2H3. The molecule has 0 aliphatic carbocycles. The molecule has 0 amide bonds. The molecule has 0 radical (unpaired) electrons. The molecular formula is C28H24FNO. The lowest BCUT2D eigenvalue weighted by Gasteiger charge is -2.13. The van der Waals surface area contributed by atoms with Gasteiger partial charge in [-0.15, -0.1) is 0 Å². The molecule has 0 heterocycles. The van der Waals surface area contributed by atoms with Gasteiger partial charge in [-0.3, -0.25) is 4.99 Å². The van der Waals surface area contributed by atoms with E-state index < -0.39 is 0 Å². The SMILES string of the molecule is CC(C)c1cc(F)cc(C=Nc2c(-c3ccccc3)cccc2-c2ccccc2)c1O. The Bertz CT molecular complexity index is 1160. The van der Waals surface area contributed by atoms with E-state index in [2.05, 4.69) is 0 Å². The van der Waals surface area contributed by atoms with E-state index in [-0.39, 0.29) is 17.5 Å². The molecule has 1 N–H and O–H groups in total. The molecule has 0 unspecified atom stereocenters. The van der Waals surface area contributed by atoms with Crippen LogP contribution in [-0.2, 0) is 0 Å². The zero-order valence-corrected chi connectivity index (χ0v) is 17.6. The van der Waals surface area contributed by atoms with Crippen molar-refractivity contribution in [3.63, 3.8) is 0 Å². The van der Waals surface area contributed by atoms with Crippen LogP contribution in [0.25, 0.3) is 22.3 Å². The molecule has 0 aliphatic rings. The Hall–Kier alpha value is -3.72. The number of benzene rings is 4. The molecule has 2 nitrogen and oxygen atoms in total. The van der Waals surface area contributed by atoms with Gasteiger partial charge in [-0.1, -0.05) is 92.7 Å². The van der Waals surface area contributed by atoms with E-state index in [1.807, 2.05) is 92.7 Å². The van der Waals surface area contributed by atoms with Gasteiger partial charge in [-0.2, -0.15) is 0 Å². The molecule has 0 fully saturated rings. The summed E-state index contributed by atoms with van der Waals surface area (Å²) in [5, 5.41) is 10.7. The Balaban J connectivity index is 1.90. The lowest BCUT2D eigenvalue weighted by Crippen LogP contribution is -1.95. The van der Waals surface area contributed by atoms with Gasteiger partial charge >= 0.3 is 0 Å². The van der Waals surface area contributed by atoms with Crippen molar-refractivity contribution >= 4 is 11.9 Å². The third-order valence-electron chi connectivity index (χ3n) is 5.29. The summed E-state index contributed by atoms with van der Waals surface area (Å²) >= 11 is 0. The van der Waals surface area contributed by atoms with Gasteiger partial charge in [0.05, 0.1) is 5.69 Å². The fourth-order valence-electron chi connectivity index (χ4n) is 3.70. The van der Waals surface area contributed by atoms with Crippen LogP contribution in [0.1, 0.15) is 30.9 Å². The first-order valence-corrected chi connectivity index (χ1v) is 10.3. The number of hydrogen-bond acceptors (Lipinski definition) is 2. The molecule has 0 aromatic heterocycles. The smallest absolute Gasteiger partial charge is 0.128 e. The largest absolute Gasteiger partial charge is 0.507 e. The third-order valence-corrected chi connectivity index (χ3v) is 5.29. The van der Waals surface area contributed by atoms with E-state index in [4.69, 9.17) is 4.99 Å². The first-order chi connectivity index (χ1) is 15.0. The molecule has 4 rings (SSSR count). The predicted molar refractivity (Wildman–Crippen MR) is 127 cm³/mol. The number of aromatic hydroxyl groups is 1. The number of para-hydroxylation sites is 1. The average molecular weight is 410 g/mol. The highest BCUT2D eigenvalue weighted by atomic mass is 19.1. The molecule has 0 bridgehead atoms. The molecule has 154 valence electrons. The highest BCUT2D eigenvalue weighted by molar-refractivity contribution is 5.94. The molecule has 3 heteroatoms. The third kappa shape index (κ3) is 4.41. The van der Waals surface area contributed by atoms with Crippen molar-refractivity contribution in [1.29, 1.82) is 0 Å². The first-order valence-electron chi connectivity index (χ1n) is 10.3. The quantitative estimate of drug-likeness (QED) is 0.336. The Labute approximate surface area is 182 Å². The van der Waals surface area contributed by atoms with Crippen LogP contribution in [0.5, 0.6) is 5.75 Å². The topological polar surface area (TPSA) is 32.6 Å². The number of nitrogens with zero attached hydrogens (tertiary/aromatic N) is 1. The lowest BCUT2D eigenvalue weighted by atomic mass is 9.96. The van der Waals surface area contributed by atoms with Crippen LogP contribution in [0.3, 0.4) is 0 Å². The summed E-state index contributed by atoms with van der Waals surface area (Å²) < 4.78 is 14.2. The van der Waals surface area contributed by atoms with Crippen LogP contribution >= 0.6 is 0 Å². The summed E-state index contributed by atoms with van der Waals surface area (Å²) in [6, 6.07) is 28.9. The Morgan fingerprint density at radius 3 is 1.84 bits per heavy atom. The molecule has 4 aromatic rings. The molecule has 0 saturated heterocycles. The van der Waals surface area contributed by atoms with Crippen LogP contribution in [-0.4, -0.2) is 11.3 Å². The van der Waals surface area contributed by atoms with E-state index in [9.17, 15) is 9.50 Å². The molecule has 0 saturated carbocycles. The van der Waals surface area contributed by atoms with Crippen LogP contribution < -0.4 is 0 Å². The summed E-state index contributed by atoms with van der Waals surface area (Å²) in [6.07, 6.45) is 1.55. The van der Waals surface area contributed by atoms with Gasteiger partial charge in [0.2, 0.25) is 0 Å².